The fourth-order valence-corrected chi connectivity index (χ4v) is 3.36. The molecule has 4 heteroatoms. The van der Waals surface area contributed by atoms with Crippen molar-refractivity contribution in [2.45, 2.75) is 63.6 Å². The second-order valence-corrected chi connectivity index (χ2v) is 8.66. The summed E-state index contributed by atoms with van der Waals surface area (Å²) in [6, 6.07) is 9.04. The number of nitrogens with zero attached hydrogens (tertiary/aromatic N) is 2. The first-order chi connectivity index (χ1) is 11.3. The summed E-state index contributed by atoms with van der Waals surface area (Å²) in [5, 5.41) is 0.555. The molecule has 1 aromatic heterocycles. The van der Waals surface area contributed by atoms with Gasteiger partial charge in [0.05, 0.1) is 6.33 Å². The molecule has 0 amide bonds. The van der Waals surface area contributed by atoms with E-state index < -0.39 is 0 Å². The molecular weight excluding hydrogens is 314 g/mol. The summed E-state index contributed by atoms with van der Waals surface area (Å²) in [4.78, 5) is 5.48. The van der Waals surface area contributed by atoms with Crippen LogP contribution in [0.15, 0.2) is 47.9 Å². The molecule has 134 valence electrons. The summed E-state index contributed by atoms with van der Waals surface area (Å²) in [7, 11) is 0. The number of thioether (sulfide) groups is 1. The summed E-state index contributed by atoms with van der Waals surface area (Å²) < 4.78 is 2.17. The Hall–Kier alpha value is -1.26. The highest BCUT2D eigenvalue weighted by Gasteiger charge is 2.17. The smallest absolute Gasteiger partial charge is 0.0946 e. The third kappa shape index (κ3) is 7.10. The van der Waals surface area contributed by atoms with Crippen molar-refractivity contribution in [2.24, 2.45) is 11.7 Å². The second-order valence-electron chi connectivity index (χ2n) is 7.34. The van der Waals surface area contributed by atoms with Crippen LogP contribution in [0.4, 0.5) is 0 Å². The molecule has 1 atom stereocenters. The van der Waals surface area contributed by atoms with Gasteiger partial charge in [-0.1, -0.05) is 53.7 Å². The average Bonchev–Trinajstić information content (AvgIpc) is 3.00. The van der Waals surface area contributed by atoms with Gasteiger partial charge in [0.1, 0.15) is 0 Å². The van der Waals surface area contributed by atoms with Crippen LogP contribution in [0.25, 0.3) is 0 Å². The maximum atomic E-state index is 4.85. The van der Waals surface area contributed by atoms with Gasteiger partial charge in [0.15, 0.2) is 0 Å². The second kappa shape index (κ2) is 9.90. The number of imidazole rings is 1. The van der Waals surface area contributed by atoms with Gasteiger partial charge in [-0.2, -0.15) is 0 Å². The van der Waals surface area contributed by atoms with Crippen LogP contribution in [0.5, 0.6) is 0 Å². The third-order valence-electron chi connectivity index (χ3n) is 3.70. The van der Waals surface area contributed by atoms with Gasteiger partial charge in [0.2, 0.25) is 0 Å². The van der Waals surface area contributed by atoms with Crippen molar-refractivity contribution in [3.05, 3.63) is 48.5 Å². The van der Waals surface area contributed by atoms with Gasteiger partial charge in [-0.25, -0.2) is 4.98 Å². The number of aromatic nitrogens is 2. The van der Waals surface area contributed by atoms with Crippen molar-refractivity contribution in [1.29, 1.82) is 0 Å². The molecule has 0 fully saturated rings. The zero-order valence-electron chi connectivity index (χ0n) is 16.0. The third-order valence-corrected chi connectivity index (χ3v) is 5.24. The lowest BCUT2D eigenvalue weighted by molar-refractivity contribution is 0.532. The van der Waals surface area contributed by atoms with Crippen LogP contribution in [0.1, 0.15) is 47.1 Å². The number of rotatable bonds is 5. The Morgan fingerprint density at radius 1 is 1.17 bits per heavy atom. The molecule has 0 bridgehead atoms. The zero-order chi connectivity index (χ0) is 18.2. The maximum Gasteiger partial charge on any atom is 0.0946 e. The molecule has 2 aromatic rings. The van der Waals surface area contributed by atoms with Crippen LogP contribution < -0.4 is 5.73 Å². The van der Waals surface area contributed by atoms with Crippen LogP contribution in [-0.4, -0.2) is 21.3 Å². The van der Waals surface area contributed by atoms with Crippen LogP contribution in [0.3, 0.4) is 0 Å². The standard InChI is InChI=1S/C18H26N2S.C2H7N/c1-14(2)17(12-20-11-10-19-13-20)21-16-8-6-15(7-9-16)18(3,4)5;1-2-3/h6-11,13-14,17H,12H2,1-5H3;2-3H2,1H3. The molecular formula is C20H33N3S. The summed E-state index contributed by atoms with van der Waals surface area (Å²) >= 11 is 1.97. The molecule has 1 aromatic carbocycles. The van der Waals surface area contributed by atoms with Gasteiger partial charge in [-0.15, -0.1) is 11.8 Å². The van der Waals surface area contributed by atoms with E-state index in [4.69, 9.17) is 5.73 Å². The van der Waals surface area contributed by atoms with E-state index in [1.807, 2.05) is 37.4 Å². The van der Waals surface area contributed by atoms with E-state index in [2.05, 4.69) is 68.4 Å². The monoisotopic (exact) mass is 347 g/mol. The minimum absolute atomic E-state index is 0.220. The first kappa shape index (κ1) is 20.8. The Balaban J connectivity index is 0.000000891. The molecule has 0 saturated heterocycles. The van der Waals surface area contributed by atoms with Crippen LogP contribution in [0.2, 0.25) is 0 Å². The van der Waals surface area contributed by atoms with Crippen LogP contribution in [0, 0.1) is 5.92 Å². The quantitative estimate of drug-likeness (QED) is 0.777. The predicted molar refractivity (Wildman–Crippen MR) is 107 cm³/mol. The number of hydrogen-bond donors (Lipinski definition) is 1. The van der Waals surface area contributed by atoms with E-state index in [1.54, 1.807) is 0 Å². The Morgan fingerprint density at radius 3 is 2.17 bits per heavy atom. The Labute approximate surface area is 152 Å². The predicted octanol–water partition coefficient (Wildman–Crippen LogP) is 4.96. The van der Waals surface area contributed by atoms with Gasteiger partial charge in [-0.3, -0.25) is 0 Å². The van der Waals surface area contributed by atoms with Gasteiger partial charge in [0.25, 0.3) is 0 Å². The van der Waals surface area contributed by atoms with Crippen molar-refractivity contribution in [3.8, 4) is 0 Å². The molecule has 0 aliphatic rings. The first-order valence-electron chi connectivity index (χ1n) is 8.71. The van der Waals surface area contributed by atoms with E-state index in [9.17, 15) is 0 Å². The average molecular weight is 348 g/mol. The topological polar surface area (TPSA) is 43.8 Å². The Kier molecular flexibility index (Phi) is 8.57. The molecule has 1 heterocycles. The van der Waals surface area contributed by atoms with Crippen LogP contribution >= 0.6 is 11.8 Å². The van der Waals surface area contributed by atoms with E-state index in [1.165, 1.54) is 10.5 Å². The molecule has 0 aliphatic carbocycles. The molecule has 2 N–H and O–H groups in total. The fourth-order valence-electron chi connectivity index (χ4n) is 2.19. The summed E-state index contributed by atoms with van der Waals surface area (Å²) in [5.74, 6) is 0.625. The zero-order valence-corrected chi connectivity index (χ0v) is 16.8. The Bertz CT molecular complexity index is 554. The molecule has 3 nitrogen and oxygen atoms in total. The summed E-state index contributed by atoms with van der Waals surface area (Å²) in [6.07, 6.45) is 5.79. The lowest BCUT2D eigenvalue weighted by atomic mass is 9.87. The van der Waals surface area contributed by atoms with E-state index in [0.29, 0.717) is 11.2 Å². The minimum Gasteiger partial charge on any atom is -0.336 e. The van der Waals surface area contributed by atoms with Crippen molar-refractivity contribution in [1.82, 2.24) is 9.55 Å². The molecule has 0 aliphatic heterocycles. The van der Waals surface area contributed by atoms with Crippen molar-refractivity contribution < 1.29 is 0 Å². The fraction of sp³-hybridized carbons (Fsp3) is 0.550. The summed E-state index contributed by atoms with van der Waals surface area (Å²) in [5.41, 5.74) is 6.46. The highest BCUT2D eigenvalue weighted by atomic mass is 32.2. The molecule has 0 radical (unpaired) electrons. The number of nitrogens with two attached hydrogens (primary N) is 1. The van der Waals surface area contributed by atoms with E-state index >= 15 is 0 Å². The number of benzene rings is 1. The maximum absolute atomic E-state index is 4.85. The highest BCUT2D eigenvalue weighted by molar-refractivity contribution is 8.00. The molecule has 0 spiro atoms. The van der Waals surface area contributed by atoms with E-state index in [-0.39, 0.29) is 5.41 Å². The largest absolute Gasteiger partial charge is 0.336 e. The lowest BCUT2D eigenvalue weighted by Crippen LogP contribution is -2.18. The first-order valence-corrected chi connectivity index (χ1v) is 9.58. The highest BCUT2D eigenvalue weighted by Crippen LogP contribution is 2.31. The molecule has 0 saturated carbocycles. The van der Waals surface area contributed by atoms with Gasteiger partial charge in [0, 0.05) is 29.1 Å². The van der Waals surface area contributed by atoms with Gasteiger partial charge in [-0.05, 0) is 35.6 Å². The van der Waals surface area contributed by atoms with Crippen LogP contribution in [-0.2, 0) is 12.0 Å². The minimum atomic E-state index is 0.220. The normalized spacial score (nSPS) is 12.7. The van der Waals surface area contributed by atoms with Gasteiger partial charge >= 0.3 is 0 Å². The SMILES string of the molecule is CC(C)C(Cn1ccnc1)Sc1ccc(C(C)(C)C)cc1.CCN. The number of hydrogen-bond acceptors (Lipinski definition) is 3. The van der Waals surface area contributed by atoms with E-state index in [0.717, 1.165) is 13.1 Å². The van der Waals surface area contributed by atoms with Crippen molar-refractivity contribution >= 4 is 11.8 Å². The Morgan fingerprint density at radius 2 is 1.75 bits per heavy atom. The van der Waals surface area contributed by atoms with Gasteiger partial charge < -0.3 is 10.3 Å². The van der Waals surface area contributed by atoms with Crippen molar-refractivity contribution in [2.75, 3.05) is 6.54 Å². The summed E-state index contributed by atoms with van der Waals surface area (Å²) in [6.45, 7) is 15.0. The lowest BCUT2D eigenvalue weighted by Gasteiger charge is -2.22. The van der Waals surface area contributed by atoms with Crippen molar-refractivity contribution in [3.63, 3.8) is 0 Å². The molecule has 1 unspecified atom stereocenters. The molecule has 24 heavy (non-hydrogen) atoms. The molecule has 2 rings (SSSR count).